The second kappa shape index (κ2) is 9.93. The van der Waals surface area contributed by atoms with Crippen LogP contribution in [0.2, 0.25) is 0 Å². The molecular weight excluding hydrogens is 468 g/mol. The highest BCUT2D eigenvalue weighted by Gasteiger charge is 2.36. The molecule has 3 nitrogen and oxygen atoms in total. The molecule has 0 saturated carbocycles. The topological polar surface area (TPSA) is 57.2 Å². The van der Waals surface area contributed by atoms with E-state index >= 15 is 0 Å². The summed E-state index contributed by atoms with van der Waals surface area (Å²) in [5.74, 6) is 0. The highest BCUT2D eigenvalue weighted by molar-refractivity contribution is 7.86. The fraction of sp³-hybridized carbons (Fsp3) is 0.176. The molecule has 2 aromatic rings. The molecule has 0 unspecified atom stereocenters. The third kappa shape index (κ3) is 8.02. The second-order valence-electron chi connectivity index (χ2n) is 4.66. The van der Waals surface area contributed by atoms with Crippen LogP contribution in [0.1, 0.15) is 18.9 Å². The predicted molar refractivity (Wildman–Crippen MR) is 85.6 cm³/mol. The smallest absolute Gasteiger partial charge is 0.485 e. The quantitative estimate of drug-likeness (QED) is 0.375. The van der Waals surface area contributed by atoms with Crippen LogP contribution in [-0.4, -0.2) is 18.5 Å². The number of rotatable bonds is 4. The summed E-state index contributed by atoms with van der Waals surface area (Å²) in [5, 5.41) is 0. The monoisotopic (exact) mass is 484 g/mol. The van der Waals surface area contributed by atoms with Gasteiger partial charge in [0, 0.05) is 5.57 Å². The molecule has 0 saturated heterocycles. The number of benzene rings is 2. The molecule has 0 fully saturated rings. The first kappa shape index (κ1) is 21.7. The summed E-state index contributed by atoms with van der Waals surface area (Å²) in [5.41, 5.74) is -2.81. The molecule has 0 amide bonds. The molecule has 0 aliphatic rings. The summed E-state index contributed by atoms with van der Waals surface area (Å²) in [4.78, 5) is 0. The fourth-order valence-electron chi connectivity index (χ4n) is 1.61. The largest absolute Gasteiger partial charge is 0.741 e. The minimum Gasteiger partial charge on any atom is -0.741 e. The molecule has 0 aromatic heterocycles. The van der Waals surface area contributed by atoms with E-state index in [1.54, 1.807) is 0 Å². The van der Waals surface area contributed by atoms with Gasteiger partial charge in [-0.15, -0.1) is 0 Å². The average molecular weight is 484 g/mol. The predicted octanol–water partition coefficient (Wildman–Crippen LogP) is 1.45. The lowest BCUT2D eigenvalue weighted by Crippen LogP contribution is -3.59. The molecule has 2 aromatic carbocycles. The fourth-order valence-corrected chi connectivity index (χ4v) is 3.98. The Bertz CT molecular complexity index is 774. The summed E-state index contributed by atoms with van der Waals surface area (Å²) in [7, 11) is -6.09. The van der Waals surface area contributed by atoms with Crippen molar-refractivity contribution in [2.75, 3.05) is 0 Å². The van der Waals surface area contributed by atoms with E-state index in [9.17, 15) is 13.2 Å². The standard InChI is InChI=1S/C16H16I.CHF3O3S/c1-2-14(15-9-5-3-6-10-15)13-17-16-11-7-4-8-12-16;2-1(3,4)8(5,6)7/h3-13H,2H2,1H3;(H,5,6,7)/q+1;/p-1/b14-13+;. The van der Waals surface area contributed by atoms with E-state index < -0.39 is 15.6 Å². The van der Waals surface area contributed by atoms with E-state index in [1.165, 1.54) is 14.7 Å². The zero-order chi connectivity index (χ0) is 18.9. The third-order valence-corrected chi connectivity index (χ3v) is 5.92. The summed E-state index contributed by atoms with van der Waals surface area (Å²) in [6, 6.07) is 21.5. The van der Waals surface area contributed by atoms with Crippen LogP contribution in [0, 0.1) is 3.57 Å². The van der Waals surface area contributed by atoms with Crippen molar-refractivity contribution >= 4 is 15.7 Å². The Labute approximate surface area is 155 Å². The van der Waals surface area contributed by atoms with Crippen molar-refractivity contribution < 1.29 is 47.3 Å². The molecule has 0 N–H and O–H groups in total. The maximum Gasteiger partial charge on any atom is 0.485 e. The summed E-state index contributed by atoms with van der Waals surface area (Å²) in [6.45, 7) is 2.23. The average Bonchev–Trinajstić information content (AvgIpc) is 2.56. The van der Waals surface area contributed by atoms with E-state index in [2.05, 4.69) is 71.7 Å². The van der Waals surface area contributed by atoms with Gasteiger partial charge in [-0.25, -0.2) is 8.42 Å². The maximum atomic E-state index is 10.7. The van der Waals surface area contributed by atoms with Crippen molar-refractivity contribution in [1.82, 2.24) is 0 Å². The summed E-state index contributed by atoms with van der Waals surface area (Å²) >= 11 is -0.00769. The molecule has 0 aliphatic carbocycles. The Balaban J connectivity index is 0.000000333. The molecule has 0 spiro atoms. The van der Waals surface area contributed by atoms with Crippen LogP contribution in [0.5, 0.6) is 0 Å². The van der Waals surface area contributed by atoms with Gasteiger partial charge in [-0.05, 0) is 24.1 Å². The molecule has 0 radical (unpaired) electrons. The van der Waals surface area contributed by atoms with Crippen LogP contribution < -0.4 is 21.2 Å². The molecule has 25 heavy (non-hydrogen) atoms. The number of allylic oxidation sites excluding steroid dienone is 1. The zero-order valence-electron chi connectivity index (χ0n) is 13.2. The Kier molecular flexibility index (Phi) is 8.60. The van der Waals surface area contributed by atoms with E-state index in [1.807, 2.05) is 0 Å². The van der Waals surface area contributed by atoms with Crippen LogP contribution in [0.15, 0.2) is 64.7 Å². The van der Waals surface area contributed by atoms with Gasteiger partial charge in [-0.3, -0.25) is 0 Å². The van der Waals surface area contributed by atoms with Crippen molar-refractivity contribution in [2.24, 2.45) is 0 Å². The first-order chi connectivity index (χ1) is 11.6. The molecule has 0 bridgehead atoms. The van der Waals surface area contributed by atoms with Gasteiger partial charge in [0.2, 0.25) is 0 Å². The van der Waals surface area contributed by atoms with E-state index in [4.69, 9.17) is 13.0 Å². The normalized spacial score (nSPS) is 12.3. The lowest BCUT2D eigenvalue weighted by Gasteiger charge is -2.08. The molecule has 8 heteroatoms. The van der Waals surface area contributed by atoms with E-state index in [-0.39, 0.29) is 21.2 Å². The Morgan fingerprint density at radius 1 is 1.04 bits per heavy atom. The number of hydrogen-bond donors (Lipinski definition) is 0. The van der Waals surface area contributed by atoms with Crippen molar-refractivity contribution in [3.8, 4) is 0 Å². The summed E-state index contributed by atoms with van der Waals surface area (Å²) in [6.07, 6.45) is 1.11. The highest BCUT2D eigenvalue weighted by atomic mass is 127. The molecule has 2 rings (SSSR count). The molecule has 0 atom stereocenters. The lowest BCUT2D eigenvalue weighted by molar-refractivity contribution is -0.556. The minimum atomic E-state index is -6.09. The second-order valence-corrected chi connectivity index (χ2v) is 8.52. The van der Waals surface area contributed by atoms with Gasteiger partial charge in [-0.1, -0.05) is 55.5 Å². The molecule has 136 valence electrons. The van der Waals surface area contributed by atoms with Gasteiger partial charge in [0.05, 0.1) is 0 Å². The first-order valence-electron chi connectivity index (χ1n) is 7.10. The Morgan fingerprint density at radius 3 is 1.88 bits per heavy atom. The minimum absolute atomic E-state index is 0.00769. The van der Waals surface area contributed by atoms with Crippen LogP contribution in [0.3, 0.4) is 0 Å². The number of halogens is 4. The SMILES string of the molecule is CC/C(=C\[I+]c1ccccc1)c1ccccc1.O=S(=O)([O-])C(F)(F)F. The van der Waals surface area contributed by atoms with E-state index in [0.717, 1.165) is 6.42 Å². The van der Waals surface area contributed by atoms with Crippen molar-refractivity contribution in [2.45, 2.75) is 18.9 Å². The zero-order valence-corrected chi connectivity index (χ0v) is 16.2. The van der Waals surface area contributed by atoms with Gasteiger partial charge in [0.1, 0.15) is 0 Å². The molecular formula is C17H16F3IO3S. The van der Waals surface area contributed by atoms with Gasteiger partial charge in [-0.2, -0.15) is 13.2 Å². The van der Waals surface area contributed by atoms with Crippen molar-refractivity contribution in [3.63, 3.8) is 0 Å². The van der Waals surface area contributed by atoms with Gasteiger partial charge in [0.25, 0.3) is 0 Å². The van der Waals surface area contributed by atoms with E-state index in [0.29, 0.717) is 0 Å². The van der Waals surface area contributed by atoms with Crippen molar-refractivity contribution in [1.29, 1.82) is 0 Å². The molecule has 0 heterocycles. The first-order valence-corrected chi connectivity index (χ1v) is 10.8. The van der Waals surface area contributed by atoms with Crippen LogP contribution in [0.25, 0.3) is 5.57 Å². The van der Waals surface area contributed by atoms with Gasteiger partial charge < -0.3 is 4.55 Å². The molecule has 0 aliphatic heterocycles. The van der Waals surface area contributed by atoms with Gasteiger partial charge in [0.15, 0.2) is 17.8 Å². The van der Waals surface area contributed by atoms with Crippen molar-refractivity contribution in [3.05, 3.63) is 73.9 Å². The maximum absolute atomic E-state index is 10.7. The highest BCUT2D eigenvalue weighted by Crippen LogP contribution is 2.20. The summed E-state index contributed by atoms with van der Waals surface area (Å²) < 4.78 is 62.8. The third-order valence-electron chi connectivity index (χ3n) is 2.85. The van der Waals surface area contributed by atoms with Crippen LogP contribution in [-0.2, 0) is 10.1 Å². The number of hydrogen-bond acceptors (Lipinski definition) is 3. The number of alkyl halides is 3. The van der Waals surface area contributed by atoms with Gasteiger partial charge >= 0.3 is 26.7 Å². The van der Waals surface area contributed by atoms with Crippen LogP contribution in [0.4, 0.5) is 13.2 Å². The lowest BCUT2D eigenvalue weighted by atomic mass is 10.1. The Hall–Kier alpha value is -1.39. The Morgan fingerprint density at radius 2 is 1.48 bits per heavy atom. The van der Waals surface area contributed by atoms with Crippen LogP contribution >= 0.6 is 0 Å².